The van der Waals surface area contributed by atoms with Crippen LogP contribution in [0.4, 0.5) is 17.1 Å². The maximum atomic E-state index is 6.22. The highest BCUT2D eigenvalue weighted by Gasteiger charge is 2.18. The summed E-state index contributed by atoms with van der Waals surface area (Å²) in [6.07, 6.45) is 0. The van der Waals surface area contributed by atoms with Crippen molar-refractivity contribution in [2.75, 3.05) is 4.90 Å². The van der Waals surface area contributed by atoms with Gasteiger partial charge in [0.1, 0.15) is 5.52 Å². The lowest BCUT2D eigenvalue weighted by atomic mass is 10.0. The summed E-state index contributed by atoms with van der Waals surface area (Å²) in [6, 6.07) is 59.3. The van der Waals surface area contributed by atoms with Crippen LogP contribution in [0.25, 0.3) is 55.6 Å². The summed E-state index contributed by atoms with van der Waals surface area (Å²) in [5, 5.41) is 2.16. The highest BCUT2D eigenvalue weighted by molar-refractivity contribution is 6.10. The predicted octanol–water partition coefficient (Wildman–Crippen LogP) is 11.5. The molecule has 0 unspecified atom stereocenters. The number of fused-ring (bicyclic) bond motifs is 3. The molecule has 3 heteroatoms. The quantitative estimate of drug-likeness (QED) is 0.201. The first-order valence-electron chi connectivity index (χ1n) is 14.8. The summed E-state index contributed by atoms with van der Waals surface area (Å²) in [5.41, 5.74) is 10.6. The van der Waals surface area contributed by atoms with Crippen molar-refractivity contribution in [1.82, 2.24) is 4.98 Å². The summed E-state index contributed by atoms with van der Waals surface area (Å²) < 4.78 is 6.22. The van der Waals surface area contributed by atoms with E-state index in [2.05, 4.69) is 126 Å². The fourth-order valence-electron chi connectivity index (χ4n) is 5.93. The molecule has 44 heavy (non-hydrogen) atoms. The Bertz CT molecular complexity index is 2100. The highest BCUT2D eigenvalue weighted by atomic mass is 16.3. The molecule has 0 fully saturated rings. The zero-order chi connectivity index (χ0) is 29.3. The van der Waals surface area contributed by atoms with E-state index in [4.69, 9.17) is 9.40 Å². The Kier molecular flexibility index (Phi) is 6.47. The number of oxazole rings is 1. The molecule has 208 valence electrons. The van der Waals surface area contributed by atoms with Gasteiger partial charge in [-0.2, -0.15) is 0 Å². The van der Waals surface area contributed by atoms with Gasteiger partial charge in [-0.25, -0.2) is 4.98 Å². The second kappa shape index (κ2) is 11.0. The predicted molar refractivity (Wildman–Crippen MR) is 183 cm³/mol. The van der Waals surface area contributed by atoms with E-state index in [1.165, 1.54) is 22.3 Å². The molecule has 0 radical (unpaired) electrons. The minimum Gasteiger partial charge on any atom is -0.436 e. The molecule has 0 N–H and O–H groups in total. The summed E-state index contributed by atoms with van der Waals surface area (Å²) in [4.78, 5) is 7.29. The van der Waals surface area contributed by atoms with Crippen LogP contribution in [0.2, 0.25) is 0 Å². The molecule has 0 aliphatic carbocycles. The Labute approximate surface area is 256 Å². The van der Waals surface area contributed by atoms with Crippen molar-refractivity contribution >= 4 is 38.9 Å². The molecule has 8 rings (SSSR count). The van der Waals surface area contributed by atoms with Crippen LogP contribution >= 0.6 is 0 Å². The van der Waals surface area contributed by atoms with Gasteiger partial charge in [-0.1, -0.05) is 115 Å². The van der Waals surface area contributed by atoms with Crippen molar-refractivity contribution in [2.45, 2.75) is 0 Å². The maximum Gasteiger partial charge on any atom is 0.227 e. The highest BCUT2D eigenvalue weighted by Crippen LogP contribution is 2.42. The average Bonchev–Trinajstić information content (AvgIpc) is 3.56. The molecule has 0 saturated heterocycles. The van der Waals surface area contributed by atoms with Gasteiger partial charge in [-0.15, -0.1) is 0 Å². The topological polar surface area (TPSA) is 29.3 Å². The summed E-state index contributed by atoms with van der Waals surface area (Å²) in [6.45, 7) is 0. The fourth-order valence-corrected chi connectivity index (χ4v) is 5.93. The second-order valence-corrected chi connectivity index (χ2v) is 10.8. The van der Waals surface area contributed by atoms with Crippen LogP contribution in [0, 0.1) is 0 Å². The third-order valence-corrected chi connectivity index (χ3v) is 8.12. The van der Waals surface area contributed by atoms with E-state index in [9.17, 15) is 0 Å². The SMILES string of the molecule is c1ccc(-c2ccc(N(c3ccc(-c4ccccc4)cc3)c3cccc4c3ccc3oc(-c5ccccc5)nc34)cc2)cc1. The van der Waals surface area contributed by atoms with Gasteiger partial charge < -0.3 is 9.32 Å². The number of hydrogen-bond acceptors (Lipinski definition) is 3. The molecule has 0 aliphatic heterocycles. The molecular weight excluding hydrogens is 536 g/mol. The monoisotopic (exact) mass is 564 g/mol. The van der Waals surface area contributed by atoms with Gasteiger partial charge in [0.05, 0.1) is 5.69 Å². The zero-order valence-corrected chi connectivity index (χ0v) is 24.0. The molecule has 0 atom stereocenters. The molecule has 7 aromatic carbocycles. The number of rotatable bonds is 6. The largest absolute Gasteiger partial charge is 0.436 e. The van der Waals surface area contributed by atoms with Crippen LogP contribution in [0.1, 0.15) is 0 Å². The van der Waals surface area contributed by atoms with Crippen molar-refractivity contribution in [3.05, 3.63) is 170 Å². The lowest BCUT2D eigenvalue weighted by molar-refractivity contribution is 0.620. The van der Waals surface area contributed by atoms with Crippen LogP contribution in [-0.2, 0) is 0 Å². The molecule has 8 aromatic rings. The Hall–Kier alpha value is -5.93. The van der Waals surface area contributed by atoms with Gasteiger partial charge in [-0.3, -0.25) is 0 Å². The van der Waals surface area contributed by atoms with E-state index in [-0.39, 0.29) is 0 Å². The second-order valence-electron chi connectivity index (χ2n) is 10.8. The third kappa shape index (κ3) is 4.71. The minimum atomic E-state index is 0.628. The summed E-state index contributed by atoms with van der Waals surface area (Å²) >= 11 is 0. The molecule has 0 bridgehead atoms. The number of benzene rings is 7. The van der Waals surface area contributed by atoms with E-state index >= 15 is 0 Å². The first-order valence-corrected chi connectivity index (χ1v) is 14.8. The normalized spacial score (nSPS) is 11.2. The molecule has 0 spiro atoms. The van der Waals surface area contributed by atoms with Crippen LogP contribution < -0.4 is 4.90 Å². The van der Waals surface area contributed by atoms with Gasteiger partial charge in [0.2, 0.25) is 5.89 Å². The lowest BCUT2D eigenvalue weighted by Crippen LogP contribution is -2.10. The van der Waals surface area contributed by atoms with Crippen molar-refractivity contribution in [1.29, 1.82) is 0 Å². The molecule has 1 heterocycles. The van der Waals surface area contributed by atoms with Crippen molar-refractivity contribution in [3.8, 4) is 33.7 Å². The molecule has 0 amide bonds. The van der Waals surface area contributed by atoms with Gasteiger partial charge in [-0.05, 0) is 76.9 Å². The number of nitrogens with zero attached hydrogens (tertiary/aromatic N) is 2. The van der Waals surface area contributed by atoms with Gasteiger partial charge in [0.25, 0.3) is 0 Å². The first kappa shape index (κ1) is 25.8. The Morgan fingerprint density at radius 2 is 0.886 bits per heavy atom. The minimum absolute atomic E-state index is 0.628. The number of aromatic nitrogens is 1. The summed E-state index contributed by atoms with van der Waals surface area (Å²) in [7, 11) is 0. The van der Waals surface area contributed by atoms with Crippen LogP contribution in [-0.4, -0.2) is 4.98 Å². The number of anilines is 3. The Morgan fingerprint density at radius 1 is 0.386 bits per heavy atom. The Morgan fingerprint density at radius 3 is 1.43 bits per heavy atom. The van der Waals surface area contributed by atoms with Crippen LogP contribution in [0.15, 0.2) is 174 Å². The van der Waals surface area contributed by atoms with E-state index in [0.717, 1.165) is 44.5 Å². The fraction of sp³-hybridized carbons (Fsp3) is 0. The molecule has 3 nitrogen and oxygen atoms in total. The van der Waals surface area contributed by atoms with E-state index in [1.807, 2.05) is 48.5 Å². The zero-order valence-electron chi connectivity index (χ0n) is 24.0. The van der Waals surface area contributed by atoms with Gasteiger partial charge in [0.15, 0.2) is 5.58 Å². The maximum absolute atomic E-state index is 6.22. The van der Waals surface area contributed by atoms with Gasteiger partial charge in [0, 0.05) is 27.7 Å². The van der Waals surface area contributed by atoms with Crippen LogP contribution in [0.3, 0.4) is 0 Å². The smallest absolute Gasteiger partial charge is 0.227 e. The van der Waals surface area contributed by atoms with Crippen LogP contribution in [0.5, 0.6) is 0 Å². The Balaban J connectivity index is 1.28. The van der Waals surface area contributed by atoms with E-state index in [1.54, 1.807) is 0 Å². The number of hydrogen-bond donors (Lipinski definition) is 0. The van der Waals surface area contributed by atoms with Crippen molar-refractivity contribution in [2.24, 2.45) is 0 Å². The average molecular weight is 565 g/mol. The van der Waals surface area contributed by atoms with E-state index < -0.39 is 0 Å². The molecule has 0 aliphatic rings. The molecule has 0 saturated carbocycles. The van der Waals surface area contributed by atoms with Crippen molar-refractivity contribution < 1.29 is 4.42 Å². The van der Waals surface area contributed by atoms with Gasteiger partial charge >= 0.3 is 0 Å². The van der Waals surface area contributed by atoms with Crippen molar-refractivity contribution in [3.63, 3.8) is 0 Å². The summed E-state index contributed by atoms with van der Waals surface area (Å²) in [5.74, 6) is 0.628. The third-order valence-electron chi connectivity index (χ3n) is 8.12. The molecule has 1 aromatic heterocycles. The van der Waals surface area contributed by atoms with E-state index in [0.29, 0.717) is 5.89 Å². The molecular formula is C41H28N2O. The lowest BCUT2D eigenvalue weighted by Gasteiger charge is -2.27. The standard InChI is InChI=1S/C41H28N2O/c1-4-11-29(12-5-1)31-19-23-34(24-20-31)43(35-25-21-32(22-26-35)30-13-6-2-7-14-30)38-18-10-17-37-36(38)27-28-39-40(37)42-41(44-39)33-15-8-3-9-16-33/h1-28H. The first-order chi connectivity index (χ1) is 21.8.